The highest BCUT2D eigenvalue weighted by Gasteiger charge is 2.18. The van der Waals surface area contributed by atoms with Crippen molar-refractivity contribution in [3.63, 3.8) is 0 Å². The van der Waals surface area contributed by atoms with Crippen LogP contribution in [0.2, 0.25) is 0 Å². The van der Waals surface area contributed by atoms with Gasteiger partial charge in [-0.2, -0.15) is 5.26 Å². The van der Waals surface area contributed by atoms with E-state index in [9.17, 15) is 4.79 Å². The van der Waals surface area contributed by atoms with Gasteiger partial charge in [0.25, 0.3) is 5.91 Å². The average Bonchev–Trinajstić information content (AvgIpc) is 3.06. The second-order valence-corrected chi connectivity index (χ2v) is 4.96. The number of carbonyl (C=O) groups is 1. The van der Waals surface area contributed by atoms with Crippen LogP contribution in [0.25, 0.3) is 0 Å². The first-order chi connectivity index (χ1) is 11.2. The Bertz CT molecular complexity index is 699. The molecule has 0 spiro atoms. The van der Waals surface area contributed by atoms with Gasteiger partial charge in [0.05, 0.1) is 30.5 Å². The van der Waals surface area contributed by atoms with Crippen molar-refractivity contribution in [2.75, 3.05) is 6.61 Å². The first-order valence-corrected chi connectivity index (χ1v) is 7.29. The summed E-state index contributed by atoms with van der Waals surface area (Å²) in [5, 5.41) is 20.7. The predicted molar refractivity (Wildman–Crippen MR) is 82.8 cm³/mol. The Hall–Kier alpha value is -2.78. The van der Waals surface area contributed by atoms with E-state index in [4.69, 9.17) is 19.5 Å². The molecule has 23 heavy (non-hydrogen) atoms. The number of hydrogen-bond donors (Lipinski definition) is 2. The summed E-state index contributed by atoms with van der Waals surface area (Å²) in [6, 6.07) is 10.2. The maximum atomic E-state index is 12.2. The summed E-state index contributed by atoms with van der Waals surface area (Å²) in [4.78, 5) is 12.2. The number of furan rings is 1. The van der Waals surface area contributed by atoms with Crippen molar-refractivity contribution < 1.29 is 19.1 Å². The summed E-state index contributed by atoms with van der Waals surface area (Å²) in [7, 11) is 0. The van der Waals surface area contributed by atoms with Crippen LogP contribution < -0.4 is 10.1 Å². The fourth-order valence-electron chi connectivity index (χ4n) is 1.99. The van der Waals surface area contributed by atoms with E-state index in [1.165, 1.54) is 6.26 Å². The third kappa shape index (κ3) is 4.34. The zero-order valence-corrected chi connectivity index (χ0v) is 12.8. The van der Waals surface area contributed by atoms with Gasteiger partial charge in [0.2, 0.25) is 0 Å². The number of nitrogens with one attached hydrogen (secondary N) is 1. The number of benzene rings is 1. The Morgan fingerprint density at radius 3 is 3.00 bits per heavy atom. The Labute approximate surface area is 134 Å². The molecule has 0 saturated heterocycles. The van der Waals surface area contributed by atoms with Crippen LogP contribution >= 0.6 is 0 Å². The fourth-order valence-corrected chi connectivity index (χ4v) is 1.99. The fraction of sp³-hybridized carbons (Fsp3) is 0.294. The van der Waals surface area contributed by atoms with Crippen molar-refractivity contribution in [3.05, 3.63) is 53.5 Å². The van der Waals surface area contributed by atoms with E-state index in [1.54, 1.807) is 30.3 Å². The minimum Gasteiger partial charge on any atom is -0.489 e. The highest BCUT2D eigenvalue weighted by Crippen LogP contribution is 2.17. The molecule has 2 rings (SSSR count). The lowest BCUT2D eigenvalue weighted by molar-refractivity contribution is 0.0883. The van der Waals surface area contributed by atoms with Gasteiger partial charge >= 0.3 is 0 Å². The number of rotatable bonds is 7. The lowest BCUT2D eigenvalue weighted by Gasteiger charge is -2.13. The largest absolute Gasteiger partial charge is 0.489 e. The molecule has 0 saturated carbocycles. The van der Waals surface area contributed by atoms with Gasteiger partial charge in [-0.15, -0.1) is 0 Å². The van der Waals surface area contributed by atoms with E-state index in [0.717, 1.165) is 0 Å². The van der Waals surface area contributed by atoms with Gasteiger partial charge in [-0.1, -0.05) is 13.0 Å². The number of aliphatic hydroxyl groups is 1. The molecule has 0 fully saturated rings. The third-order valence-corrected chi connectivity index (χ3v) is 3.36. The summed E-state index contributed by atoms with van der Waals surface area (Å²) in [5.74, 6) is 0.312. The Morgan fingerprint density at radius 2 is 2.30 bits per heavy atom. The molecule has 2 N–H and O–H groups in total. The first kappa shape index (κ1) is 16.6. The third-order valence-electron chi connectivity index (χ3n) is 3.36. The topological polar surface area (TPSA) is 95.5 Å². The normalized spacial score (nSPS) is 11.5. The molecule has 120 valence electrons. The molecule has 6 nitrogen and oxygen atoms in total. The van der Waals surface area contributed by atoms with Gasteiger partial charge in [0.15, 0.2) is 5.76 Å². The number of amides is 1. The maximum absolute atomic E-state index is 12.2. The molecule has 0 bridgehead atoms. The number of ether oxygens (including phenoxy) is 1. The summed E-state index contributed by atoms with van der Waals surface area (Å²) >= 11 is 0. The maximum Gasteiger partial charge on any atom is 0.287 e. The minimum atomic E-state index is -0.389. The highest BCUT2D eigenvalue weighted by molar-refractivity contribution is 5.93. The summed E-state index contributed by atoms with van der Waals surface area (Å²) in [6.45, 7) is 1.88. The van der Waals surface area contributed by atoms with Crippen LogP contribution in [-0.4, -0.2) is 23.7 Å². The molecule has 1 aromatic heterocycles. The highest BCUT2D eigenvalue weighted by atomic mass is 16.5. The van der Waals surface area contributed by atoms with E-state index >= 15 is 0 Å². The molecule has 1 amide bonds. The number of carbonyl (C=O) groups excluding carboxylic acids is 1. The molecule has 6 heteroatoms. The lowest BCUT2D eigenvalue weighted by atomic mass is 10.2. The number of hydrogen-bond acceptors (Lipinski definition) is 5. The molecule has 1 aromatic carbocycles. The van der Waals surface area contributed by atoms with Gasteiger partial charge in [-0.05, 0) is 30.7 Å². The standard InChI is InChI=1S/C17H18N2O4/c1-2-14(10-20)19-17(21)16-13(6-7-22-16)11-23-15-5-3-4-12(8-15)9-18/h3-8,14,20H,2,10-11H2,1H3,(H,19,21). The second kappa shape index (κ2) is 8.01. The average molecular weight is 314 g/mol. The zero-order chi connectivity index (χ0) is 16.7. The van der Waals surface area contributed by atoms with Gasteiger partial charge in [-0.25, -0.2) is 0 Å². The molecular weight excluding hydrogens is 296 g/mol. The van der Waals surface area contributed by atoms with Gasteiger partial charge in [0, 0.05) is 5.56 Å². The van der Waals surface area contributed by atoms with Gasteiger partial charge in [0.1, 0.15) is 12.4 Å². The van der Waals surface area contributed by atoms with Crippen LogP contribution in [0.1, 0.15) is 35.0 Å². The van der Waals surface area contributed by atoms with Crippen molar-refractivity contribution in [3.8, 4) is 11.8 Å². The van der Waals surface area contributed by atoms with Crippen molar-refractivity contribution in [1.29, 1.82) is 5.26 Å². The van der Waals surface area contributed by atoms with E-state index < -0.39 is 0 Å². The van der Waals surface area contributed by atoms with Crippen LogP contribution in [0, 0.1) is 11.3 Å². The zero-order valence-electron chi connectivity index (χ0n) is 12.8. The van der Waals surface area contributed by atoms with Crippen molar-refractivity contribution >= 4 is 5.91 Å². The minimum absolute atomic E-state index is 0.129. The smallest absolute Gasteiger partial charge is 0.287 e. The molecule has 1 unspecified atom stereocenters. The Balaban J connectivity index is 2.03. The number of nitriles is 1. The molecule has 2 aromatic rings. The molecule has 1 heterocycles. The molecular formula is C17H18N2O4. The van der Waals surface area contributed by atoms with Crippen LogP contribution in [-0.2, 0) is 6.61 Å². The molecule has 0 aliphatic carbocycles. The summed E-state index contributed by atoms with van der Waals surface area (Å²) in [5.41, 5.74) is 1.10. The monoisotopic (exact) mass is 314 g/mol. The Kier molecular flexibility index (Phi) is 5.78. The lowest BCUT2D eigenvalue weighted by Crippen LogP contribution is -2.37. The van der Waals surface area contributed by atoms with E-state index in [0.29, 0.717) is 23.3 Å². The van der Waals surface area contributed by atoms with E-state index in [1.807, 2.05) is 13.0 Å². The van der Waals surface area contributed by atoms with Gasteiger partial charge in [-0.3, -0.25) is 4.79 Å². The quantitative estimate of drug-likeness (QED) is 0.817. The summed E-state index contributed by atoms with van der Waals surface area (Å²) in [6.07, 6.45) is 2.04. The van der Waals surface area contributed by atoms with Crippen molar-refractivity contribution in [2.45, 2.75) is 26.0 Å². The predicted octanol–water partition coefficient (Wildman–Crippen LogP) is 2.23. The number of aliphatic hydroxyl groups excluding tert-OH is 1. The van der Waals surface area contributed by atoms with Crippen LogP contribution in [0.15, 0.2) is 41.0 Å². The van der Waals surface area contributed by atoms with Crippen molar-refractivity contribution in [1.82, 2.24) is 5.32 Å². The molecule has 0 aliphatic rings. The van der Waals surface area contributed by atoms with Crippen LogP contribution in [0.4, 0.5) is 0 Å². The van der Waals surface area contributed by atoms with Crippen LogP contribution in [0.5, 0.6) is 5.75 Å². The molecule has 0 aliphatic heterocycles. The first-order valence-electron chi connectivity index (χ1n) is 7.29. The SMILES string of the molecule is CCC(CO)NC(=O)c1occc1COc1cccc(C#N)c1. The van der Waals surface area contributed by atoms with E-state index in [-0.39, 0.29) is 30.9 Å². The summed E-state index contributed by atoms with van der Waals surface area (Å²) < 4.78 is 10.8. The molecule has 1 atom stereocenters. The Morgan fingerprint density at radius 1 is 1.48 bits per heavy atom. The van der Waals surface area contributed by atoms with Gasteiger partial charge < -0.3 is 19.6 Å². The van der Waals surface area contributed by atoms with Crippen molar-refractivity contribution in [2.24, 2.45) is 0 Å². The van der Waals surface area contributed by atoms with Crippen LogP contribution in [0.3, 0.4) is 0 Å². The second-order valence-electron chi connectivity index (χ2n) is 4.96. The molecule has 0 radical (unpaired) electrons. The number of nitrogens with zero attached hydrogens (tertiary/aromatic N) is 1. The van der Waals surface area contributed by atoms with E-state index in [2.05, 4.69) is 5.32 Å².